The minimum atomic E-state index is -4.46. The molecule has 2 aromatic carbocycles. The lowest BCUT2D eigenvalue weighted by Crippen LogP contribution is -2.45. The molecule has 0 radical (unpaired) electrons. The summed E-state index contributed by atoms with van der Waals surface area (Å²) in [5.41, 5.74) is 0.414. The molecule has 9 heteroatoms. The van der Waals surface area contributed by atoms with Gasteiger partial charge in [0.05, 0.1) is 12.1 Å². The van der Waals surface area contributed by atoms with Crippen LogP contribution in [0, 0.1) is 5.92 Å². The number of amides is 3. The maximum absolute atomic E-state index is 13.4. The van der Waals surface area contributed by atoms with Crippen LogP contribution in [0.15, 0.2) is 72.1 Å². The van der Waals surface area contributed by atoms with Gasteiger partial charge in [-0.1, -0.05) is 56.7 Å². The minimum Gasteiger partial charge on any atom is -0.332 e. The molecule has 0 saturated heterocycles. The zero-order chi connectivity index (χ0) is 26.1. The van der Waals surface area contributed by atoms with Gasteiger partial charge < -0.3 is 15.1 Å². The molecule has 36 heavy (non-hydrogen) atoms. The molecule has 0 fully saturated rings. The van der Waals surface area contributed by atoms with Gasteiger partial charge in [0.2, 0.25) is 5.91 Å². The van der Waals surface area contributed by atoms with Gasteiger partial charge in [0, 0.05) is 23.7 Å². The van der Waals surface area contributed by atoms with Gasteiger partial charge in [0.15, 0.2) is 0 Å². The first-order valence-corrected chi connectivity index (χ1v) is 12.6. The molecule has 5 nitrogen and oxygen atoms in total. The second-order valence-corrected chi connectivity index (χ2v) is 9.75. The molecule has 3 rings (SSSR count). The van der Waals surface area contributed by atoms with Gasteiger partial charge in [-0.25, -0.2) is 4.79 Å². The third-order valence-electron chi connectivity index (χ3n) is 5.80. The van der Waals surface area contributed by atoms with Gasteiger partial charge >= 0.3 is 12.2 Å². The van der Waals surface area contributed by atoms with Crippen molar-refractivity contribution in [2.75, 3.05) is 18.4 Å². The van der Waals surface area contributed by atoms with Crippen molar-refractivity contribution >= 4 is 29.0 Å². The predicted molar refractivity (Wildman–Crippen MR) is 137 cm³/mol. The summed E-state index contributed by atoms with van der Waals surface area (Å²) in [6.07, 6.45) is -3.65. The summed E-state index contributed by atoms with van der Waals surface area (Å²) >= 11 is 1.56. The summed E-state index contributed by atoms with van der Waals surface area (Å²) in [7, 11) is 0. The van der Waals surface area contributed by atoms with Crippen molar-refractivity contribution in [1.82, 2.24) is 9.80 Å². The Balaban J connectivity index is 1.75. The lowest BCUT2D eigenvalue weighted by Gasteiger charge is -2.29. The first-order chi connectivity index (χ1) is 17.2. The zero-order valence-corrected chi connectivity index (χ0v) is 21.1. The second-order valence-electron chi connectivity index (χ2n) is 8.71. The fourth-order valence-electron chi connectivity index (χ4n) is 3.56. The van der Waals surface area contributed by atoms with Crippen LogP contribution in [0.2, 0.25) is 0 Å². The number of anilines is 1. The van der Waals surface area contributed by atoms with E-state index >= 15 is 0 Å². The Labute approximate surface area is 213 Å². The van der Waals surface area contributed by atoms with Crippen molar-refractivity contribution in [2.24, 2.45) is 5.92 Å². The molecule has 3 amide bonds. The van der Waals surface area contributed by atoms with Gasteiger partial charge in [-0.05, 0) is 47.2 Å². The highest BCUT2D eigenvalue weighted by atomic mass is 32.1. The van der Waals surface area contributed by atoms with Crippen molar-refractivity contribution in [3.8, 4) is 0 Å². The number of hydrogen-bond acceptors (Lipinski definition) is 3. The number of alkyl halides is 3. The van der Waals surface area contributed by atoms with E-state index in [9.17, 15) is 22.8 Å². The molecule has 192 valence electrons. The fourth-order valence-corrected chi connectivity index (χ4v) is 4.28. The minimum absolute atomic E-state index is 0.135. The molecular weight excluding hydrogens is 487 g/mol. The molecule has 0 aliphatic carbocycles. The van der Waals surface area contributed by atoms with E-state index in [4.69, 9.17) is 0 Å². The number of urea groups is 1. The molecule has 1 unspecified atom stereocenters. The van der Waals surface area contributed by atoms with E-state index in [-0.39, 0.29) is 24.1 Å². The molecule has 1 N–H and O–H groups in total. The summed E-state index contributed by atoms with van der Waals surface area (Å²) in [6.45, 7) is 4.99. The monoisotopic (exact) mass is 517 g/mol. The van der Waals surface area contributed by atoms with Crippen LogP contribution in [0.3, 0.4) is 0 Å². The second kappa shape index (κ2) is 12.6. The lowest BCUT2D eigenvalue weighted by atomic mass is 10.1. The van der Waals surface area contributed by atoms with Crippen LogP contribution in [0.1, 0.15) is 36.3 Å². The van der Waals surface area contributed by atoms with Gasteiger partial charge in [0.25, 0.3) is 0 Å². The van der Waals surface area contributed by atoms with E-state index in [0.29, 0.717) is 19.6 Å². The molecule has 1 heterocycles. The molecule has 1 aromatic heterocycles. The lowest BCUT2D eigenvalue weighted by molar-refractivity contribution is -0.137. The summed E-state index contributed by atoms with van der Waals surface area (Å²) < 4.78 is 38.6. The number of benzene rings is 2. The van der Waals surface area contributed by atoms with Crippen LogP contribution in [-0.2, 0) is 24.1 Å². The topological polar surface area (TPSA) is 52.7 Å². The van der Waals surface area contributed by atoms with Crippen molar-refractivity contribution in [1.29, 1.82) is 0 Å². The first kappa shape index (κ1) is 27.3. The Morgan fingerprint density at radius 1 is 0.944 bits per heavy atom. The summed E-state index contributed by atoms with van der Waals surface area (Å²) in [4.78, 5) is 30.7. The van der Waals surface area contributed by atoms with Crippen LogP contribution in [-0.4, -0.2) is 34.8 Å². The highest BCUT2D eigenvalue weighted by Gasteiger charge is 2.30. The number of carbonyl (C=O) groups excluding carboxylic acids is 2. The van der Waals surface area contributed by atoms with E-state index in [2.05, 4.69) is 5.32 Å². The van der Waals surface area contributed by atoms with Crippen LogP contribution < -0.4 is 5.32 Å². The number of nitrogens with zero attached hydrogens (tertiary/aromatic N) is 2. The Hall–Kier alpha value is -3.33. The number of carbonyl (C=O) groups is 2. The SMILES string of the molecule is CCC(C)CN(CC(=O)N(Cc1ccccc1)Cc1cccs1)C(=O)Nc1ccc(C(F)(F)F)cc1. The third-order valence-corrected chi connectivity index (χ3v) is 6.66. The van der Waals surface area contributed by atoms with Gasteiger partial charge in [-0.3, -0.25) is 4.79 Å². The Bertz CT molecular complexity index is 1100. The summed E-state index contributed by atoms with van der Waals surface area (Å²) in [6, 6.07) is 17.3. The number of thiophene rings is 1. The third kappa shape index (κ3) is 8.12. The van der Waals surface area contributed by atoms with E-state index in [1.54, 1.807) is 16.2 Å². The van der Waals surface area contributed by atoms with Crippen molar-refractivity contribution in [2.45, 2.75) is 39.5 Å². The normalized spacial score (nSPS) is 12.1. The molecule has 3 aromatic rings. The Morgan fingerprint density at radius 3 is 2.22 bits per heavy atom. The van der Waals surface area contributed by atoms with Crippen LogP contribution in [0.25, 0.3) is 0 Å². The highest BCUT2D eigenvalue weighted by Crippen LogP contribution is 2.30. The quantitative estimate of drug-likeness (QED) is 0.319. The van der Waals surface area contributed by atoms with Crippen LogP contribution in [0.4, 0.5) is 23.7 Å². The fraction of sp³-hybridized carbons (Fsp3) is 0.333. The molecule has 0 saturated carbocycles. The number of rotatable bonds is 10. The van der Waals surface area contributed by atoms with E-state index in [0.717, 1.165) is 29.0 Å². The molecule has 0 aliphatic rings. The van der Waals surface area contributed by atoms with E-state index in [1.807, 2.05) is 61.7 Å². The molecule has 0 bridgehead atoms. The van der Waals surface area contributed by atoms with Gasteiger partial charge in [-0.2, -0.15) is 13.2 Å². The largest absolute Gasteiger partial charge is 0.416 e. The molecule has 1 atom stereocenters. The van der Waals surface area contributed by atoms with E-state index < -0.39 is 17.8 Å². The van der Waals surface area contributed by atoms with Gasteiger partial charge in [0.1, 0.15) is 6.54 Å². The maximum Gasteiger partial charge on any atom is 0.416 e. The average molecular weight is 518 g/mol. The Kier molecular flexibility index (Phi) is 9.52. The number of nitrogens with one attached hydrogen (secondary N) is 1. The van der Waals surface area contributed by atoms with E-state index in [1.165, 1.54) is 17.0 Å². The number of hydrogen-bond donors (Lipinski definition) is 1. The standard InChI is InChI=1S/C27H30F3N3O2S/c1-3-20(2)16-33(26(35)31-23-13-11-22(12-14-23)27(28,29)30)19-25(34)32(18-24-10-7-15-36-24)17-21-8-5-4-6-9-21/h4-15,20H,3,16-19H2,1-2H3,(H,31,35). The molecule has 0 spiro atoms. The zero-order valence-electron chi connectivity index (χ0n) is 20.3. The van der Waals surface area contributed by atoms with Crippen LogP contribution >= 0.6 is 11.3 Å². The maximum atomic E-state index is 13.4. The smallest absolute Gasteiger partial charge is 0.332 e. The van der Waals surface area contributed by atoms with Crippen molar-refractivity contribution in [3.05, 3.63) is 88.1 Å². The summed E-state index contributed by atoms with van der Waals surface area (Å²) in [5, 5.41) is 4.59. The number of halogens is 3. The predicted octanol–water partition coefficient (Wildman–Crippen LogP) is 6.88. The van der Waals surface area contributed by atoms with Crippen LogP contribution in [0.5, 0.6) is 0 Å². The first-order valence-electron chi connectivity index (χ1n) is 11.7. The molecular formula is C27H30F3N3O2S. The van der Waals surface area contributed by atoms with Crippen molar-refractivity contribution < 1.29 is 22.8 Å². The average Bonchev–Trinajstić information content (AvgIpc) is 3.36. The Morgan fingerprint density at radius 2 is 1.64 bits per heavy atom. The van der Waals surface area contributed by atoms with Gasteiger partial charge in [-0.15, -0.1) is 11.3 Å². The molecule has 0 aliphatic heterocycles. The highest BCUT2D eigenvalue weighted by molar-refractivity contribution is 7.09. The van der Waals surface area contributed by atoms with Crippen molar-refractivity contribution in [3.63, 3.8) is 0 Å². The summed E-state index contributed by atoms with van der Waals surface area (Å²) in [5.74, 6) is -0.0749.